The average molecular weight is 299 g/mol. The van der Waals surface area contributed by atoms with Gasteiger partial charge in [-0.2, -0.15) is 0 Å². The molecule has 2 N–H and O–H groups in total. The molecular formula is C17H14FNO3. The van der Waals surface area contributed by atoms with Crippen LogP contribution in [0.15, 0.2) is 54.6 Å². The summed E-state index contributed by atoms with van der Waals surface area (Å²) in [4.78, 5) is 22.6. The Balaban J connectivity index is 2.02. The highest BCUT2D eigenvalue weighted by molar-refractivity contribution is 6.06. The molecule has 0 saturated heterocycles. The summed E-state index contributed by atoms with van der Waals surface area (Å²) in [6.07, 6.45) is 2.91. The Morgan fingerprint density at radius 3 is 2.50 bits per heavy atom. The molecule has 0 spiro atoms. The quantitative estimate of drug-likeness (QED) is 0.658. The molecule has 5 heteroatoms. The van der Waals surface area contributed by atoms with Crippen LogP contribution in [0.25, 0.3) is 6.08 Å². The molecule has 22 heavy (non-hydrogen) atoms. The molecule has 0 unspecified atom stereocenters. The van der Waals surface area contributed by atoms with Gasteiger partial charge in [0, 0.05) is 5.56 Å². The fourth-order valence-electron chi connectivity index (χ4n) is 1.75. The van der Waals surface area contributed by atoms with Crippen LogP contribution in [0.1, 0.15) is 15.9 Å². The molecule has 1 amide bonds. The van der Waals surface area contributed by atoms with Gasteiger partial charge < -0.3 is 10.5 Å². The molecule has 0 atom stereocenters. The monoisotopic (exact) mass is 299 g/mol. The molecule has 0 aromatic heterocycles. The number of ether oxygens (including phenoxy) is 1. The number of carbonyl (C=O) groups is 2. The van der Waals surface area contributed by atoms with Gasteiger partial charge in [0.2, 0.25) is 0 Å². The third kappa shape index (κ3) is 4.56. The lowest BCUT2D eigenvalue weighted by atomic mass is 10.1. The molecule has 0 aliphatic carbocycles. The largest absolute Gasteiger partial charge is 0.484 e. The van der Waals surface area contributed by atoms with Gasteiger partial charge in [0.15, 0.2) is 12.4 Å². The van der Waals surface area contributed by atoms with Crippen LogP contribution in [0.5, 0.6) is 5.75 Å². The van der Waals surface area contributed by atoms with Crippen molar-refractivity contribution in [3.8, 4) is 5.75 Å². The van der Waals surface area contributed by atoms with Crippen molar-refractivity contribution in [3.63, 3.8) is 0 Å². The summed E-state index contributed by atoms with van der Waals surface area (Å²) in [7, 11) is 0. The predicted molar refractivity (Wildman–Crippen MR) is 80.9 cm³/mol. The first-order valence-electron chi connectivity index (χ1n) is 6.54. The first kappa shape index (κ1) is 15.4. The maximum atomic E-state index is 13.0. The second-order valence-electron chi connectivity index (χ2n) is 4.53. The van der Waals surface area contributed by atoms with Crippen molar-refractivity contribution in [1.29, 1.82) is 0 Å². The van der Waals surface area contributed by atoms with E-state index in [1.807, 2.05) is 0 Å². The standard InChI is InChI=1S/C17H14FNO3/c18-14-3-1-2-12(10-14)4-9-16(20)13-5-7-15(8-6-13)22-11-17(19)21/h1-10H,11H2,(H2,19,21)/b9-4+. The van der Waals surface area contributed by atoms with Crippen LogP contribution < -0.4 is 10.5 Å². The van der Waals surface area contributed by atoms with E-state index in [-0.39, 0.29) is 18.2 Å². The van der Waals surface area contributed by atoms with Crippen molar-refractivity contribution in [1.82, 2.24) is 0 Å². The van der Waals surface area contributed by atoms with Crippen LogP contribution in [0.4, 0.5) is 4.39 Å². The molecule has 2 rings (SSSR count). The molecule has 0 aliphatic heterocycles. The zero-order valence-corrected chi connectivity index (χ0v) is 11.7. The van der Waals surface area contributed by atoms with E-state index in [9.17, 15) is 14.0 Å². The van der Waals surface area contributed by atoms with Gasteiger partial charge in [0.1, 0.15) is 11.6 Å². The minimum Gasteiger partial charge on any atom is -0.484 e. The van der Waals surface area contributed by atoms with Crippen LogP contribution in [0.2, 0.25) is 0 Å². The normalized spacial score (nSPS) is 10.6. The van der Waals surface area contributed by atoms with E-state index in [0.717, 1.165) is 0 Å². The summed E-state index contributed by atoms with van der Waals surface area (Å²) < 4.78 is 18.1. The maximum absolute atomic E-state index is 13.0. The van der Waals surface area contributed by atoms with E-state index in [1.54, 1.807) is 42.5 Å². The highest BCUT2D eigenvalue weighted by Crippen LogP contribution is 2.13. The molecule has 2 aromatic carbocycles. The number of allylic oxidation sites excluding steroid dienone is 1. The summed E-state index contributed by atoms with van der Waals surface area (Å²) in [5, 5.41) is 0. The van der Waals surface area contributed by atoms with Crippen LogP contribution in [0, 0.1) is 5.82 Å². The van der Waals surface area contributed by atoms with Gasteiger partial charge in [-0.15, -0.1) is 0 Å². The molecular weight excluding hydrogens is 285 g/mol. The molecule has 0 saturated carbocycles. The Labute approximate surface area is 127 Å². The Bertz CT molecular complexity index is 708. The molecule has 2 aromatic rings. The maximum Gasteiger partial charge on any atom is 0.255 e. The van der Waals surface area contributed by atoms with E-state index in [1.165, 1.54) is 18.2 Å². The number of hydrogen-bond acceptors (Lipinski definition) is 3. The number of amides is 1. The number of carbonyl (C=O) groups excluding carboxylic acids is 2. The average Bonchev–Trinajstić information content (AvgIpc) is 2.51. The van der Waals surface area contributed by atoms with E-state index >= 15 is 0 Å². The number of halogens is 1. The Morgan fingerprint density at radius 1 is 1.14 bits per heavy atom. The summed E-state index contributed by atoms with van der Waals surface area (Å²) in [5.74, 6) is -0.695. The van der Waals surface area contributed by atoms with Gasteiger partial charge >= 0.3 is 0 Å². The number of ketones is 1. The SMILES string of the molecule is NC(=O)COc1ccc(C(=O)/C=C/c2cccc(F)c2)cc1. The minimum absolute atomic E-state index is 0.216. The van der Waals surface area contributed by atoms with Crippen molar-refractivity contribution >= 4 is 17.8 Å². The van der Waals surface area contributed by atoms with Gasteiger partial charge in [-0.05, 0) is 48.0 Å². The molecule has 0 heterocycles. The number of rotatable bonds is 6. The predicted octanol–water partition coefficient (Wildman–Crippen LogP) is 2.59. The lowest BCUT2D eigenvalue weighted by Gasteiger charge is -2.03. The number of primary amides is 1. The number of benzene rings is 2. The topological polar surface area (TPSA) is 69.4 Å². The molecule has 4 nitrogen and oxygen atoms in total. The van der Waals surface area contributed by atoms with Crippen molar-refractivity contribution in [3.05, 3.63) is 71.6 Å². The van der Waals surface area contributed by atoms with Gasteiger partial charge in [0.25, 0.3) is 5.91 Å². The lowest BCUT2D eigenvalue weighted by Crippen LogP contribution is -2.19. The zero-order valence-electron chi connectivity index (χ0n) is 11.7. The lowest BCUT2D eigenvalue weighted by molar-refractivity contribution is -0.119. The molecule has 0 fully saturated rings. The highest BCUT2D eigenvalue weighted by Gasteiger charge is 2.03. The van der Waals surface area contributed by atoms with Gasteiger partial charge in [-0.3, -0.25) is 9.59 Å². The Morgan fingerprint density at radius 2 is 1.86 bits per heavy atom. The van der Waals surface area contributed by atoms with E-state index in [2.05, 4.69) is 0 Å². The first-order chi connectivity index (χ1) is 10.5. The van der Waals surface area contributed by atoms with Crippen molar-refractivity contribution in [2.24, 2.45) is 5.73 Å². The van der Waals surface area contributed by atoms with Crippen molar-refractivity contribution in [2.45, 2.75) is 0 Å². The second kappa shape index (κ2) is 7.17. The van der Waals surface area contributed by atoms with E-state index in [0.29, 0.717) is 16.9 Å². The third-order valence-electron chi connectivity index (χ3n) is 2.80. The fourth-order valence-corrected chi connectivity index (χ4v) is 1.75. The zero-order chi connectivity index (χ0) is 15.9. The third-order valence-corrected chi connectivity index (χ3v) is 2.80. The van der Waals surface area contributed by atoms with Gasteiger partial charge in [-0.25, -0.2) is 4.39 Å². The summed E-state index contributed by atoms with van der Waals surface area (Å²) >= 11 is 0. The number of hydrogen-bond donors (Lipinski definition) is 1. The fraction of sp³-hybridized carbons (Fsp3) is 0.0588. The summed E-state index contributed by atoms with van der Waals surface area (Å²) in [5.41, 5.74) is 6.03. The van der Waals surface area contributed by atoms with E-state index in [4.69, 9.17) is 10.5 Å². The highest BCUT2D eigenvalue weighted by atomic mass is 19.1. The molecule has 0 radical (unpaired) electrons. The van der Waals surface area contributed by atoms with Crippen LogP contribution in [0.3, 0.4) is 0 Å². The Hall–Kier alpha value is -2.95. The molecule has 0 aliphatic rings. The summed E-state index contributed by atoms with van der Waals surface area (Å²) in [6.45, 7) is -0.216. The van der Waals surface area contributed by atoms with Gasteiger partial charge in [0.05, 0.1) is 0 Å². The first-order valence-corrected chi connectivity index (χ1v) is 6.54. The van der Waals surface area contributed by atoms with Crippen molar-refractivity contribution in [2.75, 3.05) is 6.61 Å². The van der Waals surface area contributed by atoms with Crippen molar-refractivity contribution < 1.29 is 18.7 Å². The second-order valence-corrected chi connectivity index (χ2v) is 4.53. The van der Waals surface area contributed by atoms with Crippen LogP contribution in [-0.4, -0.2) is 18.3 Å². The smallest absolute Gasteiger partial charge is 0.255 e. The van der Waals surface area contributed by atoms with Gasteiger partial charge in [-0.1, -0.05) is 18.2 Å². The van der Waals surface area contributed by atoms with E-state index < -0.39 is 5.91 Å². The number of nitrogens with two attached hydrogens (primary N) is 1. The van der Waals surface area contributed by atoms with Crippen LogP contribution >= 0.6 is 0 Å². The molecule has 0 bridgehead atoms. The van der Waals surface area contributed by atoms with Crippen LogP contribution in [-0.2, 0) is 4.79 Å². The minimum atomic E-state index is -0.571. The molecule has 112 valence electrons. The summed E-state index contributed by atoms with van der Waals surface area (Å²) in [6, 6.07) is 12.3. The Kier molecular flexibility index (Phi) is 5.03.